The Morgan fingerprint density at radius 1 is 1.53 bits per heavy atom. The van der Waals surface area contributed by atoms with E-state index >= 15 is 0 Å². The van der Waals surface area contributed by atoms with E-state index in [1.165, 1.54) is 12.1 Å². The smallest absolute Gasteiger partial charge is 0.0738 e. The van der Waals surface area contributed by atoms with Crippen LogP contribution in [0.5, 0.6) is 0 Å². The molecule has 0 N–H and O–H groups in total. The topological polar surface area (TPSA) is 27.1 Å². The van der Waals surface area contributed by atoms with Gasteiger partial charge in [0.05, 0.1) is 22.5 Å². The van der Waals surface area contributed by atoms with Gasteiger partial charge < -0.3 is 4.74 Å². The van der Waals surface area contributed by atoms with E-state index in [4.69, 9.17) is 4.74 Å². The molecule has 0 spiro atoms. The second kappa shape index (κ2) is 5.41. The SMILES string of the molecule is Cc1nn(C)c(CC2(CBr)CCCOC2)c1Br. The summed E-state index contributed by atoms with van der Waals surface area (Å²) in [7, 11) is 2.01. The fourth-order valence-electron chi connectivity index (χ4n) is 2.43. The second-order valence-corrected chi connectivity index (χ2v) is 6.29. The first-order chi connectivity index (χ1) is 8.08. The highest BCUT2D eigenvalue weighted by molar-refractivity contribution is 9.10. The Balaban J connectivity index is 2.23. The standard InChI is InChI=1S/C12H18Br2N2O/c1-9-11(14)10(16(2)15-9)6-12(7-13)4-3-5-17-8-12/h3-8H2,1-2H3. The number of aromatic nitrogens is 2. The number of alkyl halides is 1. The van der Waals surface area contributed by atoms with E-state index in [0.717, 1.165) is 41.6 Å². The van der Waals surface area contributed by atoms with Crippen molar-refractivity contribution < 1.29 is 4.74 Å². The van der Waals surface area contributed by atoms with Crippen LogP contribution in [0.1, 0.15) is 24.2 Å². The summed E-state index contributed by atoms with van der Waals surface area (Å²) in [5, 5.41) is 5.44. The third kappa shape index (κ3) is 2.76. The first-order valence-corrected chi connectivity index (χ1v) is 7.81. The fourth-order valence-corrected chi connectivity index (χ4v) is 3.55. The Kier molecular flexibility index (Phi) is 4.31. The van der Waals surface area contributed by atoms with Crippen LogP contribution in [0.25, 0.3) is 0 Å². The molecule has 3 nitrogen and oxygen atoms in total. The Bertz CT molecular complexity index is 397. The molecule has 1 aromatic rings. The lowest BCUT2D eigenvalue weighted by atomic mass is 9.80. The van der Waals surface area contributed by atoms with Crippen LogP contribution in [0.4, 0.5) is 0 Å². The summed E-state index contributed by atoms with van der Waals surface area (Å²) in [5.74, 6) is 0. The highest BCUT2D eigenvalue weighted by Gasteiger charge is 2.34. The molecule has 0 aliphatic carbocycles. The van der Waals surface area contributed by atoms with Gasteiger partial charge in [-0.2, -0.15) is 5.10 Å². The third-order valence-corrected chi connectivity index (χ3v) is 5.71. The van der Waals surface area contributed by atoms with E-state index in [0.29, 0.717) is 0 Å². The molecule has 1 unspecified atom stereocenters. The fraction of sp³-hybridized carbons (Fsp3) is 0.750. The van der Waals surface area contributed by atoms with Gasteiger partial charge in [0.2, 0.25) is 0 Å². The van der Waals surface area contributed by atoms with E-state index in [-0.39, 0.29) is 5.41 Å². The van der Waals surface area contributed by atoms with Gasteiger partial charge in [-0.15, -0.1) is 0 Å². The number of hydrogen-bond acceptors (Lipinski definition) is 2. The maximum absolute atomic E-state index is 5.66. The lowest BCUT2D eigenvalue weighted by Crippen LogP contribution is -2.36. The maximum atomic E-state index is 5.66. The molecule has 96 valence electrons. The van der Waals surface area contributed by atoms with Crippen molar-refractivity contribution in [3.63, 3.8) is 0 Å². The summed E-state index contributed by atoms with van der Waals surface area (Å²) in [6, 6.07) is 0. The molecule has 1 aliphatic heterocycles. The quantitative estimate of drug-likeness (QED) is 0.769. The van der Waals surface area contributed by atoms with Crippen LogP contribution in [-0.4, -0.2) is 28.3 Å². The zero-order valence-corrected chi connectivity index (χ0v) is 13.5. The van der Waals surface area contributed by atoms with Crippen molar-refractivity contribution in [2.45, 2.75) is 26.2 Å². The Hall–Kier alpha value is 0.130. The van der Waals surface area contributed by atoms with Gasteiger partial charge in [-0.1, -0.05) is 15.9 Å². The number of aryl methyl sites for hydroxylation is 2. The molecule has 1 aromatic heterocycles. The van der Waals surface area contributed by atoms with Crippen molar-refractivity contribution in [1.29, 1.82) is 0 Å². The molecule has 0 radical (unpaired) electrons. The van der Waals surface area contributed by atoms with Gasteiger partial charge in [0.15, 0.2) is 0 Å². The molecule has 1 saturated heterocycles. The normalized spacial score (nSPS) is 25.2. The Morgan fingerprint density at radius 3 is 2.76 bits per heavy atom. The number of hydrogen-bond donors (Lipinski definition) is 0. The molecule has 0 saturated carbocycles. The van der Waals surface area contributed by atoms with Gasteiger partial charge >= 0.3 is 0 Å². The summed E-state index contributed by atoms with van der Waals surface area (Å²) in [6.07, 6.45) is 3.38. The molecular formula is C12H18Br2N2O. The molecular weight excluding hydrogens is 348 g/mol. The van der Waals surface area contributed by atoms with Gasteiger partial charge in [-0.3, -0.25) is 4.68 Å². The lowest BCUT2D eigenvalue weighted by molar-refractivity contribution is 0.00520. The van der Waals surface area contributed by atoms with E-state index < -0.39 is 0 Å². The summed E-state index contributed by atoms with van der Waals surface area (Å²) in [6.45, 7) is 3.78. The van der Waals surface area contributed by atoms with E-state index in [1.807, 2.05) is 18.7 Å². The molecule has 5 heteroatoms. The van der Waals surface area contributed by atoms with Crippen LogP contribution in [0.3, 0.4) is 0 Å². The monoisotopic (exact) mass is 364 g/mol. The molecule has 2 rings (SSSR count). The van der Waals surface area contributed by atoms with Crippen LogP contribution in [0, 0.1) is 12.3 Å². The molecule has 1 atom stereocenters. The van der Waals surface area contributed by atoms with Gasteiger partial charge in [-0.25, -0.2) is 0 Å². The van der Waals surface area contributed by atoms with Gasteiger partial charge in [0.1, 0.15) is 0 Å². The van der Waals surface area contributed by atoms with Crippen molar-refractivity contribution in [3.8, 4) is 0 Å². The molecule has 0 aromatic carbocycles. The minimum atomic E-state index is 0.223. The van der Waals surface area contributed by atoms with E-state index in [2.05, 4.69) is 37.0 Å². The van der Waals surface area contributed by atoms with Crippen molar-refractivity contribution in [3.05, 3.63) is 15.9 Å². The number of nitrogens with zero attached hydrogens (tertiary/aromatic N) is 2. The number of halogens is 2. The van der Waals surface area contributed by atoms with Crippen LogP contribution >= 0.6 is 31.9 Å². The molecule has 17 heavy (non-hydrogen) atoms. The summed E-state index contributed by atoms with van der Waals surface area (Å²) < 4.78 is 8.79. The highest BCUT2D eigenvalue weighted by Crippen LogP contribution is 2.36. The second-order valence-electron chi connectivity index (χ2n) is 4.94. The first-order valence-electron chi connectivity index (χ1n) is 5.90. The molecule has 1 aliphatic rings. The summed E-state index contributed by atoms with van der Waals surface area (Å²) in [4.78, 5) is 0. The van der Waals surface area contributed by atoms with Crippen LogP contribution < -0.4 is 0 Å². The largest absolute Gasteiger partial charge is 0.381 e. The summed E-state index contributed by atoms with van der Waals surface area (Å²) >= 11 is 7.30. The predicted octanol–water partition coefficient (Wildman–Crippen LogP) is 3.23. The zero-order chi connectivity index (χ0) is 12.5. The van der Waals surface area contributed by atoms with E-state index in [9.17, 15) is 0 Å². The molecule has 0 amide bonds. The third-order valence-electron chi connectivity index (χ3n) is 3.49. The minimum Gasteiger partial charge on any atom is -0.381 e. The van der Waals surface area contributed by atoms with E-state index in [1.54, 1.807) is 0 Å². The van der Waals surface area contributed by atoms with Crippen LogP contribution in [0.2, 0.25) is 0 Å². The number of rotatable bonds is 3. The Morgan fingerprint density at radius 2 is 2.29 bits per heavy atom. The van der Waals surface area contributed by atoms with Gasteiger partial charge in [0, 0.05) is 24.4 Å². The Labute approximate surface area is 119 Å². The lowest BCUT2D eigenvalue weighted by Gasteiger charge is -2.35. The highest BCUT2D eigenvalue weighted by atomic mass is 79.9. The van der Waals surface area contributed by atoms with Crippen molar-refractivity contribution >= 4 is 31.9 Å². The molecule has 2 heterocycles. The number of ether oxygens (including phenoxy) is 1. The van der Waals surface area contributed by atoms with Crippen molar-refractivity contribution in [2.24, 2.45) is 12.5 Å². The maximum Gasteiger partial charge on any atom is 0.0738 e. The zero-order valence-electron chi connectivity index (χ0n) is 10.3. The molecule has 0 bridgehead atoms. The average molecular weight is 366 g/mol. The van der Waals surface area contributed by atoms with Gasteiger partial charge in [0.25, 0.3) is 0 Å². The summed E-state index contributed by atoms with van der Waals surface area (Å²) in [5.41, 5.74) is 2.55. The average Bonchev–Trinajstić information content (AvgIpc) is 2.57. The molecule has 1 fully saturated rings. The van der Waals surface area contributed by atoms with Gasteiger partial charge in [-0.05, 0) is 42.1 Å². The first kappa shape index (κ1) is 13.6. The van der Waals surface area contributed by atoms with Crippen molar-refractivity contribution in [2.75, 3.05) is 18.5 Å². The minimum absolute atomic E-state index is 0.223. The van der Waals surface area contributed by atoms with Crippen molar-refractivity contribution in [1.82, 2.24) is 9.78 Å². The van der Waals surface area contributed by atoms with Crippen LogP contribution in [0.15, 0.2) is 4.47 Å². The van der Waals surface area contributed by atoms with Crippen LogP contribution in [-0.2, 0) is 18.2 Å². The predicted molar refractivity (Wildman–Crippen MR) is 75.6 cm³/mol.